The van der Waals surface area contributed by atoms with Gasteiger partial charge in [-0.3, -0.25) is 0 Å². The molecule has 0 heterocycles. The molecule has 1 aromatic rings. The first-order chi connectivity index (χ1) is 7.68. The van der Waals surface area contributed by atoms with Crippen LogP contribution < -0.4 is 0 Å². The number of hydrogen-bond donors (Lipinski definition) is 0. The number of alkyl halides is 1. The van der Waals surface area contributed by atoms with Crippen molar-refractivity contribution in [3.05, 3.63) is 65.3 Å². The Morgan fingerprint density at radius 3 is 2.38 bits per heavy atom. The molecule has 82 valence electrons. The van der Waals surface area contributed by atoms with Crippen LogP contribution in [0.1, 0.15) is 5.56 Å². The van der Waals surface area contributed by atoms with Gasteiger partial charge in [-0.2, -0.15) is 0 Å². The van der Waals surface area contributed by atoms with Crippen molar-refractivity contribution >= 4 is 6.08 Å². The Bertz CT molecular complexity index is 469. The second-order valence-corrected chi connectivity index (χ2v) is 3.45. The van der Waals surface area contributed by atoms with Gasteiger partial charge in [0.1, 0.15) is 0 Å². The summed E-state index contributed by atoms with van der Waals surface area (Å²) in [6.45, 7) is 0. The summed E-state index contributed by atoms with van der Waals surface area (Å²) < 4.78 is 39.0. The third kappa shape index (κ3) is 2.08. The summed E-state index contributed by atoms with van der Waals surface area (Å²) in [4.78, 5) is 0. The maximum Gasteiger partial charge on any atom is 0.179 e. The van der Waals surface area contributed by atoms with E-state index in [0.29, 0.717) is 0 Å². The Hall–Kier alpha value is -1.77. The fraction of sp³-hybridized carbons (Fsp3) is 0.0769. The summed E-state index contributed by atoms with van der Waals surface area (Å²) in [5, 5.41) is 0. The van der Waals surface area contributed by atoms with Crippen molar-refractivity contribution < 1.29 is 13.2 Å². The molecule has 16 heavy (non-hydrogen) atoms. The molecule has 1 aromatic carbocycles. The van der Waals surface area contributed by atoms with Crippen LogP contribution in [0.5, 0.6) is 0 Å². The van der Waals surface area contributed by atoms with Crippen LogP contribution in [0.25, 0.3) is 6.08 Å². The van der Waals surface area contributed by atoms with E-state index in [1.807, 2.05) is 6.07 Å². The summed E-state index contributed by atoms with van der Waals surface area (Å²) >= 11 is 0. The van der Waals surface area contributed by atoms with Crippen molar-refractivity contribution in [2.45, 2.75) is 6.17 Å². The molecule has 0 amide bonds. The highest BCUT2D eigenvalue weighted by molar-refractivity contribution is 5.60. The second kappa shape index (κ2) is 4.39. The second-order valence-electron chi connectivity index (χ2n) is 3.45. The molecule has 2 rings (SSSR count). The molecule has 0 N–H and O–H groups in total. The minimum Gasteiger partial charge on any atom is -0.234 e. The van der Waals surface area contributed by atoms with Crippen LogP contribution >= 0.6 is 0 Å². The molecule has 0 fully saturated rings. The summed E-state index contributed by atoms with van der Waals surface area (Å²) in [7, 11) is 0. The van der Waals surface area contributed by atoms with Gasteiger partial charge in [-0.1, -0.05) is 36.4 Å². The standard InChI is InChI=1S/C13H9F3/c14-11-7-6-10(12(15)13(11)16)8-9-4-2-1-3-5-9/h1-8,12H. The topological polar surface area (TPSA) is 0 Å². The van der Waals surface area contributed by atoms with Gasteiger partial charge in [-0.05, 0) is 23.3 Å². The van der Waals surface area contributed by atoms with Gasteiger partial charge in [0.2, 0.25) is 0 Å². The van der Waals surface area contributed by atoms with E-state index in [4.69, 9.17) is 0 Å². The summed E-state index contributed by atoms with van der Waals surface area (Å²) in [5.74, 6) is -2.50. The Kier molecular flexibility index (Phi) is 2.95. The summed E-state index contributed by atoms with van der Waals surface area (Å²) in [6.07, 6.45) is 1.66. The maximum atomic E-state index is 13.4. The zero-order valence-electron chi connectivity index (χ0n) is 8.33. The molecule has 0 aromatic heterocycles. The van der Waals surface area contributed by atoms with Crippen molar-refractivity contribution in [2.24, 2.45) is 0 Å². The molecular weight excluding hydrogens is 213 g/mol. The molecule has 3 heteroatoms. The van der Waals surface area contributed by atoms with Gasteiger partial charge in [0.15, 0.2) is 17.8 Å². The molecule has 0 bridgehead atoms. The normalized spacial score (nSPS) is 22.9. The Morgan fingerprint density at radius 2 is 1.69 bits per heavy atom. The molecule has 1 aliphatic rings. The van der Waals surface area contributed by atoms with Crippen molar-refractivity contribution in [1.82, 2.24) is 0 Å². The molecule has 0 spiro atoms. The Balaban J connectivity index is 2.32. The number of benzene rings is 1. The van der Waals surface area contributed by atoms with E-state index in [2.05, 4.69) is 0 Å². The average Bonchev–Trinajstić information content (AvgIpc) is 2.31. The van der Waals surface area contributed by atoms with Crippen LogP contribution in [0.3, 0.4) is 0 Å². The van der Waals surface area contributed by atoms with Crippen LogP contribution in [-0.4, -0.2) is 6.17 Å². The fourth-order valence-corrected chi connectivity index (χ4v) is 1.46. The SMILES string of the molecule is FC1=C(F)C(F)C(=Cc2ccccc2)C=C1. The average molecular weight is 222 g/mol. The quantitative estimate of drug-likeness (QED) is 0.670. The highest BCUT2D eigenvalue weighted by atomic mass is 19.2. The maximum absolute atomic E-state index is 13.4. The van der Waals surface area contributed by atoms with Gasteiger partial charge in [-0.25, -0.2) is 13.2 Å². The van der Waals surface area contributed by atoms with Crippen molar-refractivity contribution in [3.8, 4) is 0 Å². The largest absolute Gasteiger partial charge is 0.234 e. The van der Waals surface area contributed by atoms with E-state index < -0.39 is 17.8 Å². The van der Waals surface area contributed by atoms with Gasteiger partial charge in [0, 0.05) is 0 Å². The van der Waals surface area contributed by atoms with Crippen molar-refractivity contribution in [2.75, 3.05) is 0 Å². The minimum absolute atomic E-state index is 0.116. The van der Waals surface area contributed by atoms with Crippen LogP contribution in [0.2, 0.25) is 0 Å². The number of halogens is 3. The molecule has 0 saturated carbocycles. The highest BCUT2D eigenvalue weighted by Crippen LogP contribution is 2.29. The third-order valence-corrected chi connectivity index (χ3v) is 2.30. The van der Waals surface area contributed by atoms with Gasteiger partial charge in [0.25, 0.3) is 0 Å². The lowest BCUT2D eigenvalue weighted by Crippen LogP contribution is -2.08. The van der Waals surface area contributed by atoms with Gasteiger partial charge < -0.3 is 0 Å². The van der Waals surface area contributed by atoms with Crippen LogP contribution in [0.15, 0.2) is 59.7 Å². The molecule has 1 aliphatic carbocycles. The minimum atomic E-state index is -2.01. The summed E-state index contributed by atoms with van der Waals surface area (Å²) in [5.41, 5.74) is 0.866. The lowest BCUT2D eigenvalue weighted by molar-refractivity contribution is 0.353. The van der Waals surface area contributed by atoms with E-state index in [1.165, 1.54) is 12.2 Å². The number of allylic oxidation sites excluding steroid dienone is 5. The molecule has 1 atom stereocenters. The van der Waals surface area contributed by atoms with Gasteiger partial charge in [-0.15, -0.1) is 0 Å². The lowest BCUT2D eigenvalue weighted by Gasteiger charge is -2.12. The Morgan fingerprint density at radius 1 is 1.00 bits per heavy atom. The van der Waals surface area contributed by atoms with Crippen LogP contribution in [-0.2, 0) is 0 Å². The van der Waals surface area contributed by atoms with E-state index in [-0.39, 0.29) is 5.57 Å². The summed E-state index contributed by atoms with van der Waals surface area (Å²) in [6, 6.07) is 8.93. The van der Waals surface area contributed by atoms with Crippen molar-refractivity contribution in [3.63, 3.8) is 0 Å². The zero-order valence-corrected chi connectivity index (χ0v) is 8.33. The highest BCUT2D eigenvalue weighted by Gasteiger charge is 2.23. The molecule has 1 unspecified atom stereocenters. The van der Waals surface area contributed by atoms with Gasteiger partial charge >= 0.3 is 0 Å². The number of rotatable bonds is 1. The lowest BCUT2D eigenvalue weighted by atomic mass is 10.0. The van der Waals surface area contributed by atoms with Crippen molar-refractivity contribution in [1.29, 1.82) is 0 Å². The first kappa shape index (κ1) is 10.7. The van der Waals surface area contributed by atoms with E-state index in [1.54, 1.807) is 24.3 Å². The van der Waals surface area contributed by atoms with E-state index in [9.17, 15) is 13.2 Å². The van der Waals surface area contributed by atoms with Crippen LogP contribution in [0, 0.1) is 0 Å². The molecular formula is C13H9F3. The van der Waals surface area contributed by atoms with E-state index in [0.717, 1.165) is 11.6 Å². The predicted molar refractivity (Wildman–Crippen MR) is 57.7 cm³/mol. The third-order valence-electron chi connectivity index (χ3n) is 2.30. The molecule has 0 radical (unpaired) electrons. The first-order valence-corrected chi connectivity index (χ1v) is 4.82. The predicted octanol–water partition coefficient (Wildman–Crippen LogP) is 4.13. The zero-order chi connectivity index (χ0) is 11.5. The van der Waals surface area contributed by atoms with Gasteiger partial charge in [0.05, 0.1) is 0 Å². The molecule has 0 saturated heterocycles. The monoisotopic (exact) mass is 222 g/mol. The molecule has 0 nitrogen and oxygen atoms in total. The number of hydrogen-bond acceptors (Lipinski definition) is 0. The Labute approximate surface area is 91.4 Å². The first-order valence-electron chi connectivity index (χ1n) is 4.82. The fourth-order valence-electron chi connectivity index (χ4n) is 1.46. The van der Waals surface area contributed by atoms with E-state index >= 15 is 0 Å². The smallest absolute Gasteiger partial charge is 0.179 e. The van der Waals surface area contributed by atoms with Crippen LogP contribution in [0.4, 0.5) is 13.2 Å². The molecule has 0 aliphatic heterocycles.